The molecule has 3 rings (SSSR count). The van der Waals surface area contributed by atoms with Gasteiger partial charge in [-0.05, 0) is 54.1 Å². The first-order valence-corrected chi connectivity index (χ1v) is 7.36. The molecule has 0 aliphatic heterocycles. The molecule has 0 aliphatic rings. The number of aromatic nitrogens is 1. The molecule has 120 valence electrons. The average molecular weight is 324 g/mol. The van der Waals surface area contributed by atoms with E-state index >= 15 is 0 Å². The van der Waals surface area contributed by atoms with Crippen molar-refractivity contribution in [3.05, 3.63) is 95.8 Å². The van der Waals surface area contributed by atoms with E-state index in [-0.39, 0.29) is 17.5 Å². The second kappa shape index (κ2) is 7.00. The van der Waals surface area contributed by atoms with Crippen molar-refractivity contribution < 1.29 is 13.6 Å². The molecule has 1 atom stereocenters. The molecular formula is C19H14F2N2O. The fourth-order valence-corrected chi connectivity index (χ4v) is 2.41. The van der Waals surface area contributed by atoms with E-state index < -0.39 is 5.92 Å². The van der Waals surface area contributed by atoms with E-state index in [1.807, 2.05) is 0 Å². The number of benzene rings is 2. The number of nitrogens with zero attached hydrogens (tertiary/aromatic N) is 1. The third-order valence-electron chi connectivity index (χ3n) is 3.56. The quantitative estimate of drug-likeness (QED) is 0.784. The van der Waals surface area contributed by atoms with Gasteiger partial charge in [0.15, 0.2) is 0 Å². The molecule has 0 bridgehead atoms. The van der Waals surface area contributed by atoms with Gasteiger partial charge in [-0.15, -0.1) is 0 Å². The van der Waals surface area contributed by atoms with Gasteiger partial charge in [-0.25, -0.2) is 8.78 Å². The molecule has 3 nitrogen and oxygen atoms in total. The first kappa shape index (κ1) is 15.8. The summed E-state index contributed by atoms with van der Waals surface area (Å²) in [7, 11) is 0. The second-order valence-corrected chi connectivity index (χ2v) is 5.24. The monoisotopic (exact) mass is 324 g/mol. The highest BCUT2D eigenvalue weighted by Crippen LogP contribution is 2.25. The topological polar surface area (TPSA) is 42.0 Å². The van der Waals surface area contributed by atoms with Crippen molar-refractivity contribution >= 4 is 11.6 Å². The number of pyridine rings is 1. The summed E-state index contributed by atoms with van der Waals surface area (Å²) in [6, 6.07) is 16.5. The molecule has 2 aromatic carbocycles. The number of hydrogen-bond donors (Lipinski definition) is 1. The van der Waals surface area contributed by atoms with Crippen molar-refractivity contribution in [2.24, 2.45) is 0 Å². The van der Waals surface area contributed by atoms with Gasteiger partial charge < -0.3 is 5.32 Å². The fourth-order valence-electron chi connectivity index (χ4n) is 2.41. The minimum atomic E-state index is -0.697. The van der Waals surface area contributed by atoms with Crippen LogP contribution in [0.4, 0.5) is 14.5 Å². The van der Waals surface area contributed by atoms with Crippen molar-refractivity contribution in [3.8, 4) is 0 Å². The number of hydrogen-bond acceptors (Lipinski definition) is 2. The molecule has 0 radical (unpaired) electrons. The largest absolute Gasteiger partial charge is 0.325 e. The van der Waals surface area contributed by atoms with Gasteiger partial charge in [0.25, 0.3) is 0 Å². The molecule has 1 amide bonds. The van der Waals surface area contributed by atoms with Gasteiger partial charge in [0.2, 0.25) is 5.91 Å². The van der Waals surface area contributed by atoms with Crippen molar-refractivity contribution in [2.45, 2.75) is 5.92 Å². The zero-order valence-electron chi connectivity index (χ0n) is 12.6. The van der Waals surface area contributed by atoms with E-state index in [0.29, 0.717) is 16.9 Å². The van der Waals surface area contributed by atoms with Gasteiger partial charge in [0.1, 0.15) is 17.6 Å². The number of nitrogens with one attached hydrogen (secondary N) is 1. The van der Waals surface area contributed by atoms with E-state index in [1.165, 1.54) is 36.4 Å². The van der Waals surface area contributed by atoms with E-state index in [0.717, 1.165) is 0 Å². The lowest BCUT2D eigenvalue weighted by Gasteiger charge is -2.17. The minimum absolute atomic E-state index is 0.327. The maximum absolute atomic E-state index is 13.2. The van der Waals surface area contributed by atoms with Crippen molar-refractivity contribution in [1.29, 1.82) is 0 Å². The first-order chi connectivity index (χ1) is 11.6. The van der Waals surface area contributed by atoms with Crippen LogP contribution in [0.15, 0.2) is 72.9 Å². The molecule has 0 fully saturated rings. The van der Waals surface area contributed by atoms with Crippen LogP contribution >= 0.6 is 0 Å². The van der Waals surface area contributed by atoms with Gasteiger partial charge in [-0.3, -0.25) is 9.78 Å². The van der Waals surface area contributed by atoms with E-state index in [2.05, 4.69) is 10.3 Å². The molecule has 0 saturated carbocycles. The summed E-state index contributed by atoms with van der Waals surface area (Å²) >= 11 is 0. The Bertz CT molecular complexity index is 818. The highest BCUT2D eigenvalue weighted by atomic mass is 19.1. The lowest BCUT2D eigenvalue weighted by molar-refractivity contribution is -0.116. The van der Waals surface area contributed by atoms with Crippen LogP contribution in [0.2, 0.25) is 0 Å². The zero-order chi connectivity index (χ0) is 16.9. The fraction of sp³-hybridized carbons (Fsp3) is 0.0526. The number of anilines is 1. The summed E-state index contributed by atoms with van der Waals surface area (Å²) < 4.78 is 26.2. The molecule has 1 heterocycles. The molecule has 1 N–H and O–H groups in total. The molecule has 24 heavy (non-hydrogen) atoms. The maximum atomic E-state index is 13.2. The molecule has 0 spiro atoms. The Morgan fingerprint density at radius 3 is 2.08 bits per heavy atom. The molecule has 0 saturated heterocycles. The first-order valence-electron chi connectivity index (χ1n) is 7.36. The molecule has 3 aromatic rings. The summed E-state index contributed by atoms with van der Waals surface area (Å²) in [5.41, 5.74) is 1.64. The molecule has 0 aliphatic carbocycles. The molecule has 1 unspecified atom stereocenters. The van der Waals surface area contributed by atoms with E-state index in [1.54, 1.807) is 36.5 Å². The van der Waals surface area contributed by atoms with Crippen molar-refractivity contribution in [1.82, 2.24) is 4.98 Å². The maximum Gasteiger partial charge on any atom is 0.237 e. The van der Waals surface area contributed by atoms with Crippen molar-refractivity contribution in [2.75, 3.05) is 5.32 Å². The predicted molar refractivity (Wildman–Crippen MR) is 87.5 cm³/mol. The van der Waals surface area contributed by atoms with Crippen LogP contribution in [0.1, 0.15) is 17.2 Å². The Hall–Kier alpha value is -3.08. The van der Waals surface area contributed by atoms with Crippen LogP contribution in [-0.2, 0) is 4.79 Å². The van der Waals surface area contributed by atoms with Gasteiger partial charge >= 0.3 is 0 Å². The Balaban J connectivity index is 1.93. The van der Waals surface area contributed by atoms with E-state index in [9.17, 15) is 13.6 Å². The SMILES string of the molecule is O=C(Nc1ccc(F)cc1)C(c1ccc(F)cc1)c1ccccn1. The Labute approximate surface area is 138 Å². The number of halogens is 2. The number of carbonyl (C=O) groups excluding carboxylic acids is 1. The number of carbonyl (C=O) groups is 1. The summed E-state index contributed by atoms with van der Waals surface area (Å²) in [5.74, 6) is -1.78. The van der Waals surface area contributed by atoms with E-state index in [4.69, 9.17) is 0 Å². The minimum Gasteiger partial charge on any atom is -0.325 e. The van der Waals surface area contributed by atoms with Crippen LogP contribution < -0.4 is 5.32 Å². The second-order valence-electron chi connectivity index (χ2n) is 5.24. The summed E-state index contributed by atoms with van der Waals surface area (Å²) in [4.78, 5) is 17.0. The van der Waals surface area contributed by atoms with Gasteiger partial charge in [-0.2, -0.15) is 0 Å². The van der Waals surface area contributed by atoms with Crippen LogP contribution in [0.25, 0.3) is 0 Å². The molecular weight excluding hydrogens is 310 g/mol. The Morgan fingerprint density at radius 1 is 0.875 bits per heavy atom. The third-order valence-corrected chi connectivity index (χ3v) is 3.56. The standard InChI is InChI=1S/C19H14F2N2O/c20-14-6-4-13(5-7-14)18(17-3-1-2-12-22-17)19(24)23-16-10-8-15(21)9-11-16/h1-12,18H,(H,23,24). The summed E-state index contributed by atoms with van der Waals surface area (Å²) in [5, 5.41) is 2.74. The van der Waals surface area contributed by atoms with Crippen LogP contribution in [-0.4, -0.2) is 10.9 Å². The summed E-state index contributed by atoms with van der Waals surface area (Å²) in [6.07, 6.45) is 1.59. The summed E-state index contributed by atoms with van der Waals surface area (Å²) in [6.45, 7) is 0. The molecule has 1 aromatic heterocycles. The van der Waals surface area contributed by atoms with Crippen LogP contribution in [0, 0.1) is 11.6 Å². The normalized spacial score (nSPS) is 11.8. The predicted octanol–water partition coefficient (Wildman–Crippen LogP) is 4.13. The van der Waals surface area contributed by atoms with Gasteiger partial charge in [0, 0.05) is 11.9 Å². The lowest BCUT2D eigenvalue weighted by Crippen LogP contribution is -2.23. The van der Waals surface area contributed by atoms with Gasteiger partial charge in [-0.1, -0.05) is 18.2 Å². The van der Waals surface area contributed by atoms with Gasteiger partial charge in [0.05, 0.1) is 5.69 Å². The Kier molecular flexibility index (Phi) is 4.61. The Morgan fingerprint density at radius 2 is 1.50 bits per heavy atom. The third kappa shape index (κ3) is 3.63. The van der Waals surface area contributed by atoms with Crippen LogP contribution in [0.5, 0.6) is 0 Å². The zero-order valence-corrected chi connectivity index (χ0v) is 12.6. The highest BCUT2D eigenvalue weighted by molar-refractivity contribution is 5.97. The molecule has 5 heteroatoms. The smallest absolute Gasteiger partial charge is 0.237 e. The lowest BCUT2D eigenvalue weighted by atomic mass is 9.94. The highest BCUT2D eigenvalue weighted by Gasteiger charge is 2.24. The van der Waals surface area contributed by atoms with Crippen molar-refractivity contribution in [3.63, 3.8) is 0 Å². The number of rotatable bonds is 4. The average Bonchev–Trinajstić information content (AvgIpc) is 2.60. The number of amides is 1. The van der Waals surface area contributed by atoms with Crippen LogP contribution in [0.3, 0.4) is 0 Å².